The summed E-state index contributed by atoms with van der Waals surface area (Å²) in [7, 11) is 0. The largest absolute Gasteiger partial charge is 0.387 e. The van der Waals surface area contributed by atoms with E-state index in [1.165, 1.54) is 0 Å². The molecule has 1 unspecified atom stereocenters. The molecule has 0 aliphatic rings. The summed E-state index contributed by atoms with van der Waals surface area (Å²) >= 11 is 1.58. The van der Waals surface area contributed by atoms with Crippen LogP contribution < -0.4 is 0 Å². The van der Waals surface area contributed by atoms with E-state index in [2.05, 4.69) is 28.7 Å². The van der Waals surface area contributed by atoms with E-state index in [1.807, 2.05) is 19.1 Å². The van der Waals surface area contributed by atoms with Crippen molar-refractivity contribution in [1.29, 1.82) is 0 Å². The van der Waals surface area contributed by atoms with Gasteiger partial charge in [0, 0.05) is 24.5 Å². The van der Waals surface area contributed by atoms with Gasteiger partial charge >= 0.3 is 0 Å². The molecule has 0 radical (unpaired) electrons. The van der Waals surface area contributed by atoms with E-state index in [4.69, 9.17) is 0 Å². The van der Waals surface area contributed by atoms with Gasteiger partial charge < -0.3 is 10.0 Å². The highest BCUT2D eigenvalue weighted by Gasteiger charge is 2.17. The van der Waals surface area contributed by atoms with Crippen molar-refractivity contribution < 1.29 is 5.11 Å². The molecule has 0 aromatic carbocycles. The molecule has 2 aromatic heterocycles. The topological polar surface area (TPSA) is 49.2 Å². The van der Waals surface area contributed by atoms with Crippen LogP contribution in [0.2, 0.25) is 0 Å². The molecule has 21 heavy (non-hydrogen) atoms. The first-order chi connectivity index (χ1) is 10.2. The fourth-order valence-corrected chi connectivity index (χ4v) is 3.40. The van der Waals surface area contributed by atoms with Crippen LogP contribution in [0, 0.1) is 6.92 Å². The van der Waals surface area contributed by atoms with Crippen LogP contribution in [0.5, 0.6) is 0 Å². The molecule has 0 saturated carbocycles. The third-order valence-corrected chi connectivity index (χ3v) is 4.98. The summed E-state index contributed by atoms with van der Waals surface area (Å²) in [5, 5.41) is 11.4. The summed E-state index contributed by atoms with van der Waals surface area (Å²) in [6, 6.07) is 3.90. The number of hydrogen-bond donors (Lipinski definition) is 1. The molecular weight excluding hydrogens is 282 g/mol. The fourth-order valence-electron chi connectivity index (χ4n) is 2.31. The zero-order valence-electron chi connectivity index (χ0n) is 12.9. The second kappa shape index (κ2) is 7.64. The number of pyridine rings is 1. The highest BCUT2D eigenvalue weighted by molar-refractivity contribution is 7.15. The molecule has 1 N–H and O–H groups in total. The Morgan fingerprint density at radius 2 is 1.90 bits per heavy atom. The predicted molar refractivity (Wildman–Crippen MR) is 87.4 cm³/mol. The molecule has 114 valence electrons. The van der Waals surface area contributed by atoms with Gasteiger partial charge in [0.15, 0.2) is 0 Å². The van der Waals surface area contributed by atoms with Crippen molar-refractivity contribution in [3.05, 3.63) is 35.1 Å². The van der Waals surface area contributed by atoms with Gasteiger partial charge in [0.05, 0.1) is 16.7 Å². The van der Waals surface area contributed by atoms with Crippen molar-refractivity contribution in [1.82, 2.24) is 14.9 Å². The quantitative estimate of drug-likeness (QED) is 0.853. The maximum absolute atomic E-state index is 10.4. The smallest absolute Gasteiger partial charge is 0.124 e. The standard InChI is InChI=1S/C16H23N3OS/c1-4-19(5-2)11-8-14(20)15-12(3)18-16(21-15)13-6-9-17-10-7-13/h6-7,9-10,14,20H,4-5,8,11H2,1-3H3. The second-order valence-corrected chi connectivity index (χ2v) is 6.07. The van der Waals surface area contributed by atoms with E-state index < -0.39 is 6.10 Å². The Bertz CT molecular complexity index is 552. The number of rotatable bonds is 7. The molecule has 2 rings (SSSR count). The van der Waals surface area contributed by atoms with Gasteiger partial charge in [0.2, 0.25) is 0 Å². The summed E-state index contributed by atoms with van der Waals surface area (Å²) in [5.74, 6) is 0. The predicted octanol–water partition coefficient (Wildman–Crippen LogP) is 3.28. The third kappa shape index (κ3) is 4.09. The van der Waals surface area contributed by atoms with E-state index in [0.717, 1.165) is 47.2 Å². The van der Waals surface area contributed by atoms with Gasteiger partial charge in [-0.15, -0.1) is 11.3 Å². The van der Waals surface area contributed by atoms with Crippen molar-refractivity contribution in [3.8, 4) is 10.6 Å². The third-order valence-electron chi connectivity index (χ3n) is 3.68. The molecule has 0 fully saturated rings. The Hall–Kier alpha value is -1.30. The molecule has 0 amide bonds. The molecular formula is C16H23N3OS. The molecule has 0 saturated heterocycles. The van der Waals surface area contributed by atoms with E-state index >= 15 is 0 Å². The average Bonchev–Trinajstić information content (AvgIpc) is 2.91. The minimum atomic E-state index is -0.432. The molecule has 2 heterocycles. The molecule has 4 nitrogen and oxygen atoms in total. The highest BCUT2D eigenvalue weighted by Crippen LogP contribution is 2.32. The van der Waals surface area contributed by atoms with E-state index in [0.29, 0.717) is 0 Å². The average molecular weight is 305 g/mol. The number of aromatic nitrogens is 2. The molecule has 0 bridgehead atoms. The van der Waals surface area contributed by atoms with Crippen LogP contribution >= 0.6 is 11.3 Å². The molecule has 1 atom stereocenters. The van der Waals surface area contributed by atoms with Crippen molar-refractivity contribution in [3.63, 3.8) is 0 Å². The molecule has 2 aromatic rings. The number of aliphatic hydroxyl groups excluding tert-OH is 1. The van der Waals surface area contributed by atoms with Crippen molar-refractivity contribution in [2.75, 3.05) is 19.6 Å². The normalized spacial score (nSPS) is 12.8. The SMILES string of the molecule is CCN(CC)CCC(O)c1sc(-c2ccncc2)nc1C. The van der Waals surface area contributed by atoms with E-state index in [9.17, 15) is 5.11 Å². The van der Waals surface area contributed by atoms with Crippen molar-refractivity contribution in [2.24, 2.45) is 0 Å². The van der Waals surface area contributed by atoms with E-state index in [1.54, 1.807) is 23.7 Å². The minimum absolute atomic E-state index is 0.432. The first-order valence-electron chi connectivity index (χ1n) is 7.43. The van der Waals surface area contributed by atoms with Crippen LogP contribution in [-0.2, 0) is 0 Å². The molecule has 0 aliphatic carbocycles. The lowest BCUT2D eigenvalue weighted by Crippen LogP contribution is -2.25. The molecule has 0 aliphatic heterocycles. The summed E-state index contributed by atoms with van der Waals surface area (Å²) in [6.45, 7) is 9.22. The first kappa shape index (κ1) is 16.1. The number of aliphatic hydroxyl groups is 1. The Labute approximate surface area is 130 Å². The Balaban J connectivity index is 2.08. The van der Waals surface area contributed by atoms with Gasteiger partial charge in [-0.3, -0.25) is 4.98 Å². The van der Waals surface area contributed by atoms with Crippen LogP contribution in [-0.4, -0.2) is 39.6 Å². The Kier molecular flexibility index (Phi) is 5.85. The summed E-state index contributed by atoms with van der Waals surface area (Å²) in [5.41, 5.74) is 1.99. The van der Waals surface area contributed by atoms with Gasteiger partial charge in [-0.2, -0.15) is 0 Å². The zero-order valence-corrected chi connectivity index (χ0v) is 13.7. The monoisotopic (exact) mass is 305 g/mol. The Morgan fingerprint density at radius 1 is 1.24 bits per heavy atom. The lowest BCUT2D eigenvalue weighted by Gasteiger charge is -2.19. The highest BCUT2D eigenvalue weighted by atomic mass is 32.1. The van der Waals surface area contributed by atoms with E-state index in [-0.39, 0.29) is 0 Å². The minimum Gasteiger partial charge on any atom is -0.387 e. The van der Waals surface area contributed by atoms with Crippen LogP contribution in [0.3, 0.4) is 0 Å². The lowest BCUT2D eigenvalue weighted by atomic mass is 10.2. The second-order valence-electron chi connectivity index (χ2n) is 5.04. The van der Waals surface area contributed by atoms with Crippen LogP contribution in [0.15, 0.2) is 24.5 Å². The number of hydrogen-bond acceptors (Lipinski definition) is 5. The maximum Gasteiger partial charge on any atom is 0.124 e. The summed E-state index contributed by atoms with van der Waals surface area (Å²) < 4.78 is 0. The first-order valence-corrected chi connectivity index (χ1v) is 8.25. The van der Waals surface area contributed by atoms with Gasteiger partial charge in [-0.1, -0.05) is 13.8 Å². The van der Waals surface area contributed by atoms with Gasteiger partial charge in [-0.25, -0.2) is 4.98 Å². The summed E-state index contributed by atoms with van der Waals surface area (Å²) in [6.07, 6.45) is 3.85. The number of thiazole rings is 1. The van der Waals surface area contributed by atoms with Crippen molar-refractivity contribution in [2.45, 2.75) is 33.3 Å². The van der Waals surface area contributed by atoms with Crippen LogP contribution in [0.4, 0.5) is 0 Å². The maximum atomic E-state index is 10.4. The van der Waals surface area contributed by atoms with Gasteiger partial charge in [0.1, 0.15) is 5.01 Å². The van der Waals surface area contributed by atoms with Gasteiger partial charge in [0.25, 0.3) is 0 Å². The Morgan fingerprint density at radius 3 is 2.52 bits per heavy atom. The zero-order chi connectivity index (χ0) is 15.2. The van der Waals surface area contributed by atoms with Crippen LogP contribution in [0.1, 0.15) is 36.9 Å². The van der Waals surface area contributed by atoms with Crippen LogP contribution in [0.25, 0.3) is 10.6 Å². The van der Waals surface area contributed by atoms with Gasteiger partial charge in [-0.05, 0) is 38.6 Å². The van der Waals surface area contributed by atoms with Crippen molar-refractivity contribution >= 4 is 11.3 Å². The molecule has 5 heteroatoms. The lowest BCUT2D eigenvalue weighted by molar-refractivity contribution is 0.147. The number of nitrogens with zero attached hydrogens (tertiary/aromatic N) is 3. The molecule has 0 spiro atoms. The number of aryl methyl sites for hydroxylation is 1. The fraction of sp³-hybridized carbons (Fsp3) is 0.500. The summed E-state index contributed by atoms with van der Waals surface area (Å²) in [4.78, 5) is 11.9.